The Balaban J connectivity index is 3.11. The van der Waals surface area contributed by atoms with Crippen LogP contribution in [0.25, 0.3) is 0 Å². The highest BCUT2D eigenvalue weighted by Gasteiger charge is 2.23. The summed E-state index contributed by atoms with van der Waals surface area (Å²) in [7, 11) is -1.20. The number of ether oxygens (including phenoxy) is 2. The molecule has 0 bridgehead atoms. The van der Waals surface area contributed by atoms with E-state index in [-0.39, 0.29) is 10.6 Å². The molecule has 8 nitrogen and oxygen atoms in total. The number of nitrogens with one attached hydrogen (secondary N) is 1. The average Bonchev–Trinajstić information content (AvgIpc) is 2.43. The smallest absolute Gasteiger partial charge is 0.333 e. The quantitative estimate of drug-likeness (QED) is 0.632. The van der Waals surface area contributed by atoms with Crippen molar-refractivity contribution in [3.8, 4) is 11.5 Å². The number of sulfonamides is 1. The molecule has 0 spiro atoms. The third-order valence-electron chi connectivity index (χ3n) is 2.72. The third-order valence-corrected chi connectivity index (χ3v) is 4.29. The van der Waals surface area contributed by atoms with Crippen molar-refractivity contribution in [3.63, 3.8) is 0 Å². The van der Waals surface area contributed by atoms with Crippen molar-refractivity contribution in [1.82, 2.24) is 4.72 Å². The summed E-state index contributed by atoms with van der Waals surface area (Å²) in [6, 6.07) is 2.75. The van der Waals surface area contributed by atoms with Crippen LogP contribution in [-0.4, -0.2) is 51.5 Å². The summed E-state index contributed by atoms with van der Waals surface area (Å²) in [4.78, 5) is 10.4. The number of carboxylic acid groups (broad SMARTS) is 1. The fourth-order valence-electron chi connectivity index (χ4n) is 1.61. The van der Waals surface area contributed by atoms with E-state index in [4.69, 9.17) is 19.7 Å². The second-order valence-corrected chi connectivity index (χ2v) is 5.91. The fourth-order valence-corrected chi connectivity index (χ4v) is 2.88. The predicted octanol–water partition coefficient (Wildman–Crippen LogP) is -0.264. The molecule has 118 valence electrons. The number of benzene rings is 1. The number of aliphatic hydroxyl groups excluding tert-OH is 1. The van der Waals surface area contributed by atoms with Crippen molar-refractivity contribution in [1.29, 1.82) is 0 Å². The Morgan fingerprint density at radius 2 is 1.81 bits per heavy atom. The number of hydrogen-bond acceptors (Lipinski definition) is 6. The number of aliphatic hydroxyl groups is 1. The van der Waals surface area contributed by atoms with Crippen molar-refractivity contribution in [2.45, 2.75) is 17.9 Å². The van der Waals surface area contributed by atoms with E-state index in [1.165, 1.54) is 26.4 Å². The highest BCUT2D eigenvalue weighted by atomic mass is 32.2. The first kappa shape index (κ1) is 17.2. The zero-order valence-electron chi connectivity index (χ0n) is 11.8. The van der Waals surface area contributed by atoms with Crippen molar-refractivity contribution >= 4 is 16.0 Å². The van der Waals surface area contributed by atoms with Gasteiger partial charge in [0.2, 0.25) is 10.0 Å². The molecule has 0 aromatic heterocycles. The van der Waals surface area contributed by atoms with Gasteiger partial charge in [0.05, 0.1) is 19.1 Å². The minimum absolute atomic E-state index is 0.0854. The second-order valence-electron chi connectivity index (χ2n) is 4.18. The number of methoxy groups -OCH3 is 2. The second kappa shape index (κ2) is 6.74. The van der Waals surface area contributed by atoms with Gasteiger partial charge in [0.25, 0.3) is 0 Å². The lowest BCUT2D eigenvalue weighted by molar-refractivity contribution is -0.146. The lowest BCUT2D eigenvalue weighted by atomic mass is 10.2. The van der Waals surface area contributed by atoms with Crippen LogP contribution in [0.1, 0.15) is 5.56 Å². The van der Waals surface area contributed by atoms with Gasteiger partial charge in [-0.25, -0.2) is 17.9 Å². The lowest BCUT2D eigenvalue weighted by Gasteiger charge is -2.14. The van der Waals surface area contributed by atoms with E-state index in [0.29, 0.717) is 11.3 Å². The molecule has 21 heavy (non-hydrogen) atoms. The van der Waals surface area contributed by atoms with Crippen LogP contribution >= 0.6 is 0 Å². The summed E-state index contributed by atoms with van der Waals surface area (Å²) in [5.41, 5.74) is 0.393. The molecule has 0 radical (unpaired) electrons. The molecule has 3 N–H and O–H groups in total. The number of aryl methyl sites for hydroxylation is 1. The maximum absolute atomic E-state index is 12.1. The van der Waals surface area contributed by atoms with Crippen molar-refractivity contribution in [2.75, 3.05) is 20.8 Å². The Hall–Kier alpha value is -1.84. The minimum Gasteiger partial charge on any atom is -0.493 e. The Morgan fingerprint density at radius 1 is 1.29 bits per heavy atom. The predicted molar refractivity (Wildman–Crippen MR) is 73.1 cm³/mol. The maximum Gasteiger partial charge on any atom is 0.333 e. The Kier molecular flexibility index (Phi) is 5.53. The molecule has 1 rings (SSSR count). The van der Waals surface area contributed by atoms with Crippen molar-refractivity contribution < 1.29 is 32.9 Å². The lowest BCUT2D eigenvalue weighted by Crippen LogP contribution is -2.36. The molecule has 1 aromatic rings. The SMILES string of the molecule is COc1cc(C)c(S(=O)(=O)NCC(O)C(=O)O)cc1OC. The van der Waals surface area contributed by atoms with Crippen LogP contribution in [0, 0.1) is 6.92 Å². The first-order valence-electron chi connectivity index (χ1n) is 5.86. The van der Waals surface area contributed by atoms with Gasteiger partial charge in [-0.15, -0.1) is 0 Å². The molecule has 0 saturated heterocycles. The van der Waals surface area contributed by atoms with Gasteiger partial charge in [0.15, 0.2) is 17.6 Å². The van der Waals surface area contributed by atoms with Crippen LogP contribution in [0.4, 0.5) is 0 Å². The van der Waals surface area contributed by atoms with Gasteiger partial charge in [-0.1, -0.05) is 0 Å². The fraction of sp³-hybridized carbons (Fsp3) is 0.417. The van der Waals surface area contributed by atoms with E-state index in [1.54, 1.807) is 6.92 Å². The number of carboxylic acids is 1. The first-order chi connectivity index (χ1) is 9.72. The molecular weight excluding hydrogens is 302 g/mol. The normalized spacial score (nSPS) is 12.8. The maximum atomic E-state index is 12.1. The molecule has 1 aromatic carbocycles. The monoisotopic (exact) mass is 319 g/mol. The van der Waals surface area contributed by atoms with Crippen LogP contribution in [0.2, 0.25) is 0 Å². The summed E-state index contributed by atoms with van der Waals surface area (Å²) in [6.07, 6.45) is -1.82. The van der Waals surface area contributed by atoms with Gasteiger partial charge in [0, 0.05) is 12.6 Å². The molecule has 1 unspecified atom stereocenters. The van der Waals surface area contributed by atoms with Crippen molar-refractivity contribution in [2.24, 2.45) is 0 Å². The Bertz CT molecular complexity index is 627. The zero-order valence-corrected chi connectivity index (χ0v) is 12.6. The van der Waals surface area contributed by atoms with Crippen LogP contribution in [0.5, 0.6) is 11.5 Å². The third kappa shape index (κ3) is 4.06. The molecule has 0 fully saturated rings. The summed E-state index contributed by atoms with van der Waals surface area (Å²) < 4.78 is 36.4. The van der Waals surface area contributed by atoms with E-state index >= 15 is 0 Å². The molecular formula is C12H17NO7S. The summed E-state index contributed by atoms with van der Waals surface area (Å²) in [5, 5.41) is 17.7. The summed E-state index contributed by atoms with van der Waals surface area (Å²) >= 11 is 0. The highest BCUT2D eigenvalue weighted by Crippen LogP contribution is 2.32. The Labute approximate surface area is 122 Å². The summed E-state index contributed by atoms with van der Waals surface area (Å²) in [5.74, 6) is -0.913. The van der Waals surface area contributed by atoms with E-state index in [9.17, 15) is 13.2 Å². The zero-order chi connectivity index (χ0) is 16.2. The molecule has 0 aliphatic carbocycles. The van der Waals surface area contributed by atoms with Crippen LogP contribution in [-0.2, 0) is 14.8 Å². The van der Waals surface area contributed by atoms with Gasteiger partial charge in [0.1, 0.15) is 0 Å². The topological polar surface area (TPSA) is 122 Å². The van der Waals surface area contributed by atoms with Gasteiger partial charge >= 0.3 is 5.97 Å². The molecule has 0 saturated carbocycles. The summed E-state index contributed by atoms with van der Waals surface area (Å²) in [6.45, 7) is 0.926. The number of hydrogen-bond donors (Lipinski definition) is 3. The van der Waals surface area contributed by atoms with E-state index in [2.05, 4.69) is 0 Å². The van der Waals surface area contributed by atoms with E-state index < -0.39 is 28.6 Å². The minimum atomic E-state index is -3.99. The largest absolute Gasteiger partial charge is 0.493 e. The Morgan fingerprint density at radius 3 is 2.29 bits per heavy atom. The van der Waals surface area contributed by atoms with Crippen LogP contribution < -0.4 is 14.2 Å². The number of aliphatic carboxylic acids is 1. The highest BCUT2D eigenvalue weighted by molar-refractivity contribution is 7.89. The van der Waals surface area contributed by atoms with Gasteiger partial charge < -0.3 is 19.7 Å². The van der Waals surface area contributed by atoms with E-state index in [0.717, 1.165) is 0 Å². The van der Waals surface area contributed by atoms with Gasteiger partial charge in [-0.3, -0.25) is 0 Å². The molecule has 1 atom stereocenters. The molecule has 0 heterocycles. The molecule has 0 aliphatic heterocycles. The van der Waals surface area contributed by atoms with Crippen LogP contribution in [0.15, 0.2) is 17.0 Å². The standard InChI is InChI=1S/C12H17NO7S/c1-7-4-9(19-2)10(20-3)5-11(7)21(17,18)13-6-8(14)12(15)16/h4-5,8,13-14H,6H2,1-3H3,(H,15,16). The first-order valence-corrected chi connectivity index (χ1v) is 7.34. The number of carbonyl (C=O) groups is 1. The van der Waals surface area contributed by atoms with Crippen molar-refractivity contribution in [3.05, 3.63) is 17.7 Å². The van der Waals surface area contributed by atoms with E-state index in [1.807, 2.05) is 4.72 Å². The van der Waals surface area contributed by atoms with Gasteiger partial charge in [-0.2, -0.15) is 0 Å². The van der Waals surface area contributed by atoms with Crippen LogP contribution in [0.3, 0.4) is 0 Å². The molecule has 9 heteroatoms. The van der Waals surface area contributed by atoms with Gasteiger partial charge in [-0.05, 0) is 18.6 Å². The molecule has 0 amide bonds. The average molecular weight is 319 g/mol. The molecule has 0 aliphatic rings. The number of rotatable bonds is 7.